The first-order valence-corrected chi connectivity index (χ1v) is 11.2. The van der Waals surface area contributed by atoms with E-state index in [9.17, 15) is 8.42 Å². The van der Waals surface area contributed by atoms with Crippen LogP contribution in [0.5, 0.6) is 0 Å². The van der Waals surface area contributed by atoms with Crippen molar-refractivity contribution in [3.05, 3.63) is 71.4 Å². The van der Waals surface area contributed by atoms with Gasteiger partial charge in [-0.15, -0.1) is 0 Å². The lowest BCUT2D eigenvalue weighted by Gasteiger charge is -2.28. The number of hydrogen-bond donors (Lipinski definition) is 1. The van der Waals surface area contributed by atoms with E-state index in [1.54, 1.807) is 18.3 Å². The Bertz CT molecular complexity index is 1100. The Labute approximate surface area is 166 Å². The molecule has 1 aliphatic heterocycles. The van der Waals surface area contributed by atoms with Gasteiger partial charge in [-0.05, 0) is 55.1 Å². The van der Waals surface area contributed by atoms with Gasteiger partial charge >= 0.3 is 0 Å². The highest BCUT2D eigenvalue weighted by molar-refractivity contribution is 7.89. The summed E-state index contributed by atoms with van der Waals surface area (Å²) < 4.78 is 28.3. The molecule has 2 heterocycles. The number of nitrogens with zero attached hydrogens (tertiary/aromatic N) is 2. The maximum absolute atomic E-state index is 12.8. The molecule has 0 unspecified atom stereocenters. The third kappa shape index (κ3) is 4.09. The van der Waals surface area contributed by atoms with Crippen LogP contribution >= 0.6 is 0 Å². The first-order chi connectivity index (χ1) is 13.5. The molecule has 28 heavy (non-hydrogen) atoms. The first kappa shape index (κ1) is 19.1. The molecule has 1 aromatic heterocycles. The van der Waals surface area contributed by atoms with E-state index in [1.807, 2.05) is 19.1 Å². The summed E-state index contributed by atoms with van der Waals surface area (Å²) in [5.41, 5.74) is 4.34. The Morgan fingerprint density at radius 3 is 2.79 bits per heavy atom. The Morgan fingerprint density at radius 2 is 1.93 bits per heavy atom. The average molecular weight is 396 g/mol. The molecular weight excluding hydrogens is 370 g/mol. The molecular formula is C22H25N3O2S. The second-order valence-electron chi connectivity index (χ2n) is 7.39. The number of hydrogen-bond acceptors (Lipinski definition) is 4. The predicted molar refractivity (Wildman–Crippen MR) is 112 cm³/mol. The van der Waals surface area contributed by atoms with Crippen molar-refractivity contribution in [1.82, 2.24) is 14.6 Å². The fourth-order valence-corrected chi connectivity index (χ4v) is 5.04. The third-order valence-corrected chi connectivity index (χ3v) is 6.75. The van der Waals surface area contributed by atoms with Crippen molar-refractivity contribution in [3.63, 3.8) is 0 Å². The SMILES string of the molecule is Cc1cnc2c(S(=O)(=O)NCCCN3CCc4ccccc4C3)cccc2c1. The summed E-state index contributed by atoms with van der Waals surface area (Å²) in [6, 6.07) is 15.8. The fourth-order valence-electron chi connectivity index (χ4n) is 3.79. The number of sulfonamides is 1. The van der Waals surface area contributed by atoms with Gasteiger partial charge in [0, 0.05) is 31.2 Å². The molecule has 0 fully saturated rings. The molecule has 146 valence electrons. The highest BCUT2D eigenvalue weighted by atomic mass is 32.2. The molecule has 0 bridgehead atoms. The van der Waals surface area contributed by atoms with E-state index in [2.05, 4.69) is 38.9 Å². The largest absolute Gasteiger partial charge is 0.299 e. The molecule has 0 spiro atoms. The number of fused-ring (bicyclic) bond motifs is 2. The standard InChI is InChI=1S/C22H25N3O2S/c1-17-14-19-8-4-9-21(22(19)23-15-17)28(26,27)24-11-5-12-25-13-10-18-6-2-3-7-20(18)16-25/h2-4,6-9,14-15,24H,5,10-13,16H2,1H3. The minimum Gasteiger partial charge on any atom is -0.299 e. The molecule has 0 saturated heterocycles. The van der Waals surface area contributed by atoms with Crippen LogP contribution in [0.25, 0.3) is 10.9 Å². The summed E-state index contributed by atoms with van der Waals surface area (Å²) in [6.07, 6.45) is 3.54. The van der Waals surface area contributed by atoms with Crippen LogP contribution in [0.15, 0.2) is 59.6 Å². The smallest absolute Gasteiger partial charge is 0.242 e. The molecule has 1 N–H and O–H groups in total. The molecule has 0 amide bonds. The van der Waals surface area contributed by atoms with E-state index in [-0.39, 0.29) is 4.90 Å². The van der Waals surface area contributed by atoms with Crippen LogP contribution in [0.3, 0.4) is 0 Å². The fraction of sp³-hybridized carbons (Fsp3) is 0.318. The third-order valence-electron chi connectivity index (χ3n) is 5.25. The van der Waals surface area contributed by atoms with Crippen LogP contribution in [-0.4, -0.2) is 37.9 Å². The Kier molecular flexibility index (Phi) is 5.44. The maximum Gasteiger partial charge on any atom is 0.242 e. The lowest BCUT2D eigenvalue weighted by molar-refractivity contribution is 0.251. The minimum atomic E-state index is -3.58. The van der Waals surface area contributed by atoms with Gasteiger partial charge in [-0.2, -0.15) is 0 Å². The van der Waals surface area contributed by atoms with Gasteiger partial charge in [0.15, 0.2) is 0 Å². The summed E-state index contributed by atoms with van der Waals surface area (Å²) in [7, 11) is -3.58. The molecule has 6 heteroatoms. The lowest BCUT2D eigenvalue weighted by atomic mass is 10.00. The van der Waals surface area contributed by atoms with Crippen molar-refractivity contribution in [1.29, 1.82) is 0 Å². The molecule has 3 aromatic rings. The zero-order valence-electron chi connectivity index (χ0n) is 16.1. The zero-order chi connectivity index (χ0) is 19.6. The monoisotopic (exact) mass is 395 g/mol. The summed E-state index contributed by atoms with van der Waals surface area (Å²) in [5, 5.41) is 0.842. The second kappa shape index (κ2) is 7.99. The molecule has 1 aliphatic rings. The molecule has 2 aromatic carbocycles. The van der Waals surface area contributed by atoms with Gasteiger partial charge in [0.1, 0.15) is 4.90 Å². The Morgan fingerprint density at radius 1 is 1.11 bits per heavy atom. The number of rotatable bonds is 6. The second-order valence-corrected chi connectivity index (χ2v) is 9.12. The van der Waals surface area contributed by atoms with Crippen molar-refractivity contribution in [3.8, 4) is 0 Å². The van der Waals surface area contributed by atoms with Crippen LogP contribution in [0.2, 0.25) is 0 Å². The van der Waals surface area contributed by atoms with Gasteiger partial charge in [0.25, 0.3) is 0 Å². The van der Waals surface area contributed by atoms with Crippen LogP contribution < -0.4 is 4.72 Å². The highest BCUT2D eigenvalue weighted by Crippen LogP contribution is 2.22. The van der Waals surface area contributed by atoms with Crippen LogP contribution in [0.1, 0.15) is 23.1 Å². The lowest BCUT2D eigenvalue weighted by Crippen LogP contribution is -2.33. The van der Waals surface area contributed by atoms with E-state index in [0.29, 0.717) is 12.1 Å². The quantitative estimate of drug-likeness (QED) is 0.651. The topological polar surface area (TPSA) is 62.3 Å². The predicted octanol–water partition coefficient (Wildman–Crippen LogP) is 3.27. The van der Waals surface area contributed by atoms with Gasteiger partial charge in [-0.25, -0.2) is 13.1 Å². The van der Waals surface area contributed by atoms with E-state index in [1.165, 1.54) is 11.1 Å². The van der Waals surface area contributed by atoms with Gasteiger partial charge in [-0.1, -0.05) is 36.4 Å². The number of nitrogens with one attached hydrogen (secondary N) is 1. The molecule has 5 nitrogen and oxygen atoms in total. The average Bonchev–Trinajstić information content (AvgIpc) is 2.70. The van der Waals surface area contributed by atoms with Crippen molar-refractivity contribution < 1.29 is 8.42 Å². The van der Waals surface area contributed by atoms with Crippen molar-refractivity contribution in [2.24, 2.45) is 0 Å². The van der Waals surface area contributed by atoms with E-state index in [4.69, 9.17) is 0 Å². The van der Waals surface area contributed by atoms with Gasteiger partial charge in [0.05, 0.1) is 5.52 Å². The first-order valence-electron chi connectivity index (χ1n) is 9.67. The van der Waals surface area contributed by atoms with Gasteiger partial charge in [-0.3, -0.25) is 9.88 Å². The maximum atomic E-state index is 12.8. The van der Waals surface area contributed by atoms with E-state index < -0.39 is 10.0 Å². The number of para-hydroxylation sites is 1. The normalized spacial score (nSPS) is 14.9. The summed E-state index contributed by atoms with van der Waals surface area (Å²) in [6.45, 7) is 5.21. The summed E-state index contributed by atoms with van der Waals surface area (Å²) in [4.78, 5) is 6.98. The Hall–Kier alpha value is -2.28. The highest BCUT2D eigenvalue weighted by Gasteiger charge is 2.19. The summed E-state index contributed by atoms with van der Waals surface area (Å²) in [5.74, 6) is 0. The van der Waals surface area contributed by atoms with Crippen LogP contribution in [-0.2, 0) is 23.0 Å². The number of benzene rings is 2. The molecule has 0 radical (unpaired) electrons. The molecule has 4 rings (SSSR count). The van der Waals surface area contributed by atoms with Crippen LogP contribution in [0.4, 0.5) is 0 Å². The molecule has 0 atom stereocenters. The van der Waals surface area contributed by atoms with E-state index in [0.717, 1.165) is 43.4 Å². The minimum absolute atomic E-state index is 0.247. The van der Waals surface area contributed by atoms with Crippen LogP contribution in [0, 0.1) is 6.92 Å². The van der Waals surface area contributed by atoms with E-state index >= 15 is 0 Å². The van der Waals surface area contributed by atoms with Crippen molar-refractivity contribution >= 4 is 20.9 Å². The molecule has 0 saturated carbocycles. The van der Waals surface area contributed by atoms with Gasteiger partial charge in [0.2, 0.25) is 10.0 Å². The number of aryl methyl sites for hydroxylation is 1. The van der Waals surface area contributed by atoms with Crippen molar-refractivity contribution in [2.45, 2.75) is 31.2 Å². The van der Waals surface area contributed by atoms with Gasteiger partial charge < -0.3 is 0 Å². The number of aromatic nitrogens is 1. The Balaban J connectivity index is 1.36. The van der Waals surface area contributed by atoms with Crippen molar-refractivity contribution in [2.75, 3.05) is 19.6 Å². The summed E-state index contributed by atoms with van der Waals surface area (Å²) >= 11 is 0. The molecule has 0 aliphatic carbocycles. The number of pyridine rings is 1. The zero-order valence-corrected chi connectivity index (χ0v) is 16.9.